The summed E-state index contributed by atoms with van der Waals surface area (Å²) in [6.07, 6.45) is 0. The first-order valence-electron chi connectivity index (χ1n) is 5.36. The first-order chi connectivity index (χ1) is 6.30. The molecule has 0 aliphatic carbocycles. The zero-order valence-electron chi connectivity index (χ0n) is 9.92. The van der Waals surface area contributed by atoms with Crippen LogP contribution in [0.5, 0.6) is 0 Å². The summed E-state index contributed by atoms with van der Waals surface area (Å²) < 4.78 is 0. The van der Waals surface area contributed by atoms with Gasteiger partial charge in [0.2, 0.25) is 5.91 Å². The molecule has 1 saturated heterocycles. The number of piperazine rings is 1. The van der Waals surface area contributed by atoms with Gasteiger partial charge in [-0.05, 0) is 13.8 Å². The van der Waals surface area contributed by atoms with Gasteiger partial charge in [-0.1, -0.05) is 20.8 Å². The molecular weight excluding hydrogens is 176 g/mol. The van der Waals surface area contributed by atoms with Crippen molar-refractivity contribution in [1.29, 1.82) is 0 Å². The molecule has 0 aromatic rings. The Labute approximate surface area is 86.9 Å². The molecule has 0 aromatic heterocycles. The summed E-state index contributed by atoms with van der Waals surface area (Å²) in [7, 11) is 0. The van der Waals surface area contributed by atoms with Gasteiger partial charge < -0.3 is 10.2 Å². The molecular formula is C11H22N2O. The van der Waals surface area contributed by atoms with Gasteiger partial charge in [0.05, 0.1) is 0 Å². The molecule has 0 aromatic carbocycles. The lowest BCUT2D eigenvalue weighted by Crippen LogP contribution is -2.57. The number of hydrogen-bond acceptors (Lipinski definition) is 2. The Morgan fingerprint density at radius 2 is 1.64 bits per heavy atom. The SMILES string of the molecule is C[C@@H]1CN(C(=O)C(C)(C)C)C[C@H](C)N1. The molecule has 2 atom stereocenters. The van der Waals surface area contributed by atoms with E-state index in [1.807, 2.05) is 25.7 Å². The average Bonchev–Trinajstić information content (AvgIpc) is 1.99. The van der Waals surface area contributed by atoms with Crippen LogP contribution in [0.1, 0.15) is 34.6 Å². The molecule has 1 heterocycles. The van der Waals surface area contributed by atoms with Gasteiger partial charge in [0.1, 0.15) is 0 Å². The summed E-state index contributed by atoms with van der Waals surface area (Å²) in [4.78, 5) is 14.0. The minimum absolute atomic E-state index is 0.253. The van der Waals surface area contributed by atoms with Gasteiger partial charge in [0.25, 0.3) is 0 Å². The Morgan fingerprint density at radius 1 is 1.21 bits per heavy atom. The summed E-state index contributed by atoms with van der Waals surface area (Å²) in [6.45, 7) is 11.9. The van der Waals surface area contributed by atoms with Crippen LogP contribution in [0.25, 0.3) is 0 Å². The standard InChI is InChI=1S/C11H22N2O/c1-8-6-13(7-9(2)12-8)10(14)11(3,4)5/h8-9,12H,6-7H2,1-5H3/t8-,9+. The van der Waals surface area contributed by atoms with Crippen LogP contribution < -0.4 is 5.32 Å². The molecule has 3 heteroatoms. The van der Waals surface area contributed by atoms with Crippen molar-refractivity contribution in [1.82, 2.24) is 10.2 Å². The molecule has 0 spiro atoms. The molecule has 3 nitrogen and oxygen atoms in total. The highest BCUT2D eigenvalue weighted by Gasteiger charge is 2.31. The van der Waals surface area contributed by atoms with Crippen LogP contribution in [0.15, 0.2) is 0 Å². The van der Waals surface area contributed by atoms with Crippen molar-refractivity contribution in [3.05, 3.63) is 0 Å². The van der Waals surface area contributed by atoms with Crippen molar-refractivity contribution < 1.29 is 4.79 Å². The summed E-state index contributed by atoms with van der Waals surface area (Å²) in [6, 6.07) is 0.815. The highest BCUT2D eigenvalue weighted by molar-refractivity contribution is 5.81. The maximum atomic E-state index is 12.0. The zero-order chi connectivity index (χ0) is 10.9. The molecule has 1 N–H and O–H groups in total. The van der Waals surface area contributed by atoms with E-state index in [2.05, 4.69) is 19.2 Å². The Bertz CT molecular complexity index is 210. The number of carbonyl (C=O) groups excluding carboxylic acids is 1. The van der Waals surface area contributed by atoms with E-state index in [4.69, 9.17) is 0 Å². The van der Waals surface area contributed by atoms with Crippen LogP contribution in [0.2, 0.25) is 0 Å². The van der Waals surface area contributed by atoms with Gasteiger partial charge in [-0.2, -0.15) is 0 Å². The predicted octanol–water partition coefficient (Wildman–Crippen LogP) is 1.24. The summed E-state index contributed by atoms with van der Waals surface area (Å²) in [5.41, 5.74) is -0.253. The van der Waals surface area contributed by atoms with Crippen molar-refractivity contribution in [3.63, 3.8) is 0 Å². The van der Waals surface area contributed by atoms with E-state index < -0.39 is 0 Å². The Morgan fingerprint density at radius 3 is 2.00 bits per heavy atom. The number of rotatable bonds is 0. The second-order valence-corrected chi connectivity index (χ2v) is 5.43. The molecule has 0 unspecified atom stereocenters. The Hall–Kier alpha value is -0.570. The first kappa shape index (κ1) is 11.5. The van der Waals surface area contributed by atoms with Crippen LogP contribution in [0, 0.1) is 5.41 Å². The number of nitrogens with zero attached hydrogens (tertiary/aromatic N) is 1. The van der Waals surface area contributed by atoms with E-state index in [1.54, 1.807) is 0 Å². The second-order valence-electron chi connectivity index (χ2n) is 5.43. The van der Waals surface area contributed by atoms with E-state index >= 15 is 0 Å². The number of nitrogens with one attached hydrogen (secondary N) is 1. The zero-order valence-corrected chi connectivity index (χ0v) is 9.92. The normalized spacial score (nSPS) is 29.1. The largest absolute Gasteiger partial charge is 0.339 e. The molecule has 1 rings (SSSR count). The Kier molecular flexibility index (Phi) is 3.20. The number of carbonyl (C=O) groups is 1. The van der Waals surface area contributed by atoms with Crippen molar-refractivity contribution in [3.8, 4) is 0 Å². The van der Waals surface area contributed by atoms with Gasteiger partial charge in [0.15, 0.2) is 0 Å². The highest BCUT2D eigenvalue weighted by atomic mass is 16.2. The van der Waals surface area contributed by atoms with Crippen LogP contribution in [-0.4, -0.2) is 36.0 Å². The third kappa shape index (κ3) is 2.71. The lowest BCUT2D eigenvalue weighted by atomic mass is 9.93. The fraction of sp³-hybridized carbons (Fsp3) is 0.909. The van der Waals surface area contributed by atoms with Crippen molar-refractivity contribution >= 4 is 5.91 Å². The minimum Gasteiger partial charge on any atom is -0.339 e. The van der Waals surface area contributed by atoms with E-state index in [1.165, 1.54) is 0 Å². The van der Waals surface area contributed by atoms with Crippen molar-refractivity contribution in [2.75, 3.05) is 13.1 Å². The molecule has 0 radical (unpaired) electrons. The second kappa shape index (κ2) is 3.89. The molecule has 82 valence electrons. The van der Waals surface area contributed by atoms with E-state index in [-0.39, 0.29) is 11.3 Å². The molecule has 1 aliphatic heterocycles. The number of hydrogen-bond donors (Lipinski definition) is 1. The molecule has 14 heavy (non-hydrogen) atoms. The summed E-state index contributed by atoms with van der Waals surface area (Å²) in [5.74, 6) is 0.262. The topological polar surface area (TPSA) is 32.3 Å². The first-order valence-corrected chi connectivity index (χ1v) is 5.36. The van der Waals surface area contributed by atoms with Crippen LogP contribution in [0.3, 0.4) is 0 Å². The number of amides is 1. The molecule has 1 fully saturated rings. The Balaban J connectivity index is 2.64. The monoisotopic (exact) mass is 198 g/mol. The molecule has 1 amide bonds. The van der Waals surface area contributed by atoms with E-state index in [9.17, 15) is 4.79 Å². The fourth-order valence-corrected chi connectivity index (χ4v) is 1.97. The van der Waals surface area contributed by atoms with Gasteiger partial charge in [-0.15, -0.1) is 0 Å². The van der Waals surface area contributed by atoms with E-state index in [0.717, 1.165) is 13.1 Å². The van der Waals surface area contributed by atoms with Crippen LogP contribution >= 0.6 is 0 Å². The van der Waals surface area contributed by atoms with Gasteiger partial charge in [-0.25, -0.2) is 0 Å². The van der Waals surface area contributed by atoms with Gasteiger partial charge in [0, 0.05) is 30.6 Å². The molecule has 0 saturated carbocycles. The van der Waals surface area contributed by atoms with Gasteiger partial charge >= 0.3 is 0 Å². The lowest BCUT2D eigenvalue weighted by Gasteiger charge is -2.39. The van der Waals surface area contributed by atoms with Crippen molar-refractivity contribution in [2.24, 2.45) is 5.41 Å². The molecule has 0 bridgehead atoms. The maximum absolute atomic E-state index is 12.0. The smallest absolute Gasteiger partial charge is 0.228 e. The van der Waals surface area contributed by atoms with E-state index in [0.29, 0.717) is 12.1 Å². The van der Waals surface area contributed by atoms with Crippen LogP contribution in [-0.2, 0) is 4.79 Å². The third-order valence-corrected chi connectivity index (χ3v) is 2.49. The molecule has 1 aliphatic rings. The lowest BCUT2D eigenvalue weighted by molar-refractivity contribution is -0.141. The minimum atomic E-state index is -0.253. The van der Waals surface area contributed by atoms with Gasteiger partial charge in [-0.3, -0.25) is 4.79 Å². The summed E-state index contributed by atoms with van der Waals surface area (Å²) >= 11 is 0. The quantitative estimate of drug-likeness (QED) is 0.635. The maximum Gasteiger partial charge on any atom is 0.228 e. The fourth-order valence-electron chi connectivity index (χ4n) is 1.97. The predicted molar refractivity (Wildman–Crippen MR) is 58.1 cm³/mol. The summed E-state index contributed by atoms with van der Waals surface area (Å²) in [5, 5.41) is 3.42. The average molecular weight is 198 g/mol. The highest BCUT2D eigenvalue weighted by Crippen LogP contribution is 2.19. The van der Waals surface area contributed by atoms with Crippen LogP contribution in [0.4, 0.5) is 0 Å². The third-order valence-electron chi connectivity index (χ3n) is 2.49. The van der Waals surface area contributed by atoms with Crippen molar-refractivity contribution in [2.45, 2.75) is 46.7 Å².